The summed E-state index contributed by atoms with van der Waals surface area (Å²) in [5, 5.41) is 18.0. The van der Waals surface area contributed by atoms with Gasteiger partial charge in [-0.3, -0.25) is 0 Å². The van der Waals surface area contributed by atoms with Crippen LogP contribution in [0.1, 0.15) is 38.3 Å². The van der Waals surface area contributed by atoms with E-state index < -0.39 is 0 Å². The van der Waals surface area contributed by atoms with Crippen molar-refractivity contribution < 1.29 is 5.11 Å². The van der Waals surface area contributed by atoms with Gasteiger partial charge in [0.05, 0.1) is 6.20 Å². The van der Waals surface area contributed by atoms with Crippen LogP contribution in [-0.4, -0.2) is 15.8 Å². The Bertz CT molecular complexity index is 584. The Morgan fingerprint density at radius 2 is 2.15 bits per heavy atom. The van der Waals surface area contributed by atoms with Gasteiger partial charge in [-0.25, -0.2) is 4.98 Å². The number of allylic oxidation sites excluding steroid dienone is 6. The molecule has 4 heteroatoms. The minimum absolute atomic E-state index is 0.0232. The van der Waals surface area contributed by atoms with Gasteiger partial charge in [-0.05, 0) is 25.8 Å². The van der Waals surface area contributed by atoms with Crippen molar-refractivity contribution in [1.29, 1.82) is 5.41 Å². The van der Waals surface area contributed by atoms with Gasteiger partial charge >= 0.3 is 0 Å². The van der Waals surface area contributed by atoms with Crippen LogP contribution in [-0.2, 0) is 0 Å². The molecule has 0 aliphatic carbocycles. The number of rotatable bonds is 5. The first-order valence-electron chi connectivity index (χ1n) is 6.55. The zero-order chi connectivity index (χ0) is 15.1. The number of aromatic hydroxyl groups is 1. The summed E-state index contributed by atoms with van der Waals surface area (Å²) in [6.45, 7) is 5.58. The zero-order valence-corrected chi connectivity index (χ0v) is 12.1. The predicted molar refractivity (Wildman–Crippen MR) is 85.0 cm³/mol. The number of anilines is 1. The van der Waals surface area contributed by atoms with Crippen LogP contribution in [0.15, 0.2) is 36.6 Å². The first kappa shape index (κ1) is 15.7. The summed E-state index contributed by atoms with van der Waals surface area (Å²) >= 11 is 0. The molecule has 20 heavy (non-hydrogen) atoms. The lowest BCUT2D eigenvalue weighted by atomic mass is 9.96. The summed E-state index contributed by atoms with van der Waals surface area (Å²) in [5.74, 6) is 0.273. The largest absolute Gasteiger partial charge is 0.506 e. The summed E-state index contributed by atoms with van der Waals surface area (Å²) in [7, 11) is 0. The van der Waals surface area contributed by atoms with Crippen LogP contribution in [0.2, 0.25) is 0 Å². The van der Waals surface area contributed by atoms with Gasteiger partial charge in [-0.1, -0.05) is 37.3 Å². The second-order valence-corrected chi connectivity index (χ2v) is 4.36. The van der Waals surface area contributed by atoms with E-state index in [9.17, 15) is 5.11 Å². The predicted octanol–water partition coefficient (Wildman–Crippen LogP) is 3.68. The maximum atomic E-state index is 10.1. The summed E-state index contributed by atoms with van der Waals surface area (Å²) in [6.07, 6.45) is 11.8. The number of nitrogens with two attached hydrogens (primary N) is 1. The van der Waals surface area contributed by atoms with E-state index in [4.69, 9.17) is 11.1 Å². The Kier molecular flexibility index (Phi) is 5.72. The molecule has 1 rings (SSSR count). The number of nitrogens with zero attached hydrogens (tertiary/aromatic N) is 1. The topological polar surface area (TPSA) is 83.0 Å². The Hall–Kier alpha value is -2.36. The van der Waals surface area contributed by atoms with E-state index in [-0.39, 0.29) is 17.3 Å². The molecule has 0 bridgehead atoms. The van der Waals surface area contributed by atoms with Gasteiger partial charge in [0.15, 0.2) is 0 Å². The van der Waals surface area contributed by atoms with E-state index in [1.54, 1.807) is 6.92 Å². The van der Waals surface area contributed by atoms with E-state index in [1.807, 2.05) is 37.3 Å². The molecule has 4 nitrogen and oxygen atoms in total. The molecule has 0 aliphatic heterocycles. The molecule has 0 saturated heterocycles. The third kappa shape index (κ3) is 3.57. The minimum Gasteiger partial charge on any atom is -0.506 e. The van der Waals surface area contributed by atoms with Gasteiger partial charge in [0, 0.05) is 16.8 Å². The number of nitrogens with one attached hydrogen (secondary N) is 1. The number of hydrogen-bond donors (Lipinski definition) is 3. The molecule has 0 spiro atoms. The molecule has 0 unspecified atom stereocenters. The molecule has 0 fully saturated rings. The van der Waals surface area contributed by atoms with Crippen LogP contribution >= 0.6 is 0 Å². The second kappa shape index (κ2) is 7.28. The van der Waals surface area contributed by atoms with Gasteiger partial charge in [-0.15, -0.1) is 0 Å². The molecule has 0 amide bonds. The average molecular weight is 271 g/mol. The smallest absolute Gasteiger partial charge is 0.142 e. The van der Waals surface area contributed by atoms with E-state index >= 15 is 0 Å². The van der Waals surface area contributed by atoms with Crippen molar-refractivity contribution in [2.75, 3.05) is 5.73 Å². The zero-order valence-electron chi connectivity index (χ0n) is 12.1. The van der Waals surface area contributed by atoms with Crippen LogP contribution in [0.4, 0.5) is 5.82 Å². The van der Waals surface area contributed by atoms with Crippen molar-refractivity contribution in [3.63, 3.8) is 0 Å². The molecule has 1 aromatic rings. The summed E-state index contributed by atoms with van der Waals surface area (Å²) in [6, 6.07) is 0. The molecule has 0 saturated carbocycles. The number of aromatic nitrogens is 1. The van der Waals surface area contributed by atoms with Gasteiger partial charge in [0.25, 0.3) is 0 Å². The van der Waals surface area contributed by atoms with Crippen LogP contribution < -0.4 is 5.73 Å². The average Bonchev–Trinajstić information content (AvgIpc) is 2.40. The molecule has 0 aromatic carbocycles. The van der Waals surface area contributed by atoms with Crippen LogP contribution in [0.3, 0.4) is 0 Å². The number of nitrogen functional groups attached to an aromatic ring is 1. The van der Waals surface area contributed by atoms with Gasteiger partial charge < -0.3 is 16.2 Å². The summed E-state index contributed by atoms with van der Waals surface area (Å²) in [5.41, 5.74) is 7.93. The molecule has 106 valence electrons. The van der Waals surface area contributed by atoms with Crippen molar-refractivity contribution in [1.82, 2.24) is 4.98 Å². The van der Waals surface area contributed by atoms with E-state index in [1.165, 1.54) is 6.20 Å². The Morgan fingerprint density at radius 3 is 2.70 bits per heavy atom. The Morgan fingerprint density at radius 1 is 1.45 bits per heavy atom. The fraction of sp³-hybridized carbons (Fsp3) is 0.250. The van der Waals surface area contributed by atoms with Gasteiger partial charge in [-0.2, -0.15) is 0 Å². The van der Waals surface area contributed by atoms with Crippen molar-refractivity contribution in [2.45, 2.75) is 27.2 Å². The lowest BCUT2D eigenvalue weighted by Crippen LogP contribution is -2.06. The summed E-state index contributed by atoms with van der Waals surface area (Å²) in [4.78, 5) is 3.92. The third-order valence-corrected chi connectivity index (χ3v) is 2.75. The molecule has 1 aromatic heterocycles. The van der Waals surface area contributed by atoms with E-state index in [2.05, 4.69) is 11.9 Å². The molecule has 0 atom stereocenters. The monoisotopic (exact) mass is 271 g/mol. The molecule has 1 heterocycles. The summed E-state index contributed by atoms with van der Waals surface area (Å²) < 4.78 is 0. The fourth-order valence-electron chi connectivity index (χ4n) is 1.90. The highest BCUT2D eigenvalue weighted by Gasteiger charge is 2.16. The van der Waals surface area contributed by atoms with Crippen molar-refractivity contribution in [2.24, 2.45) is 0 Å². The van der Waals surface area contributed by atoms with Crippen LogP contribution in [0.5, 0.6) is 5.75 Å². The first-order valence-corrected chi connectivity index (χ1v) is 6.55. The molecular formula is C16H21N3O. The molecule has 0 radical (unpaired) electrons. The number of hydrogen-bond acceptors (Lipinski definition) is 4. The molecule has 0 aliphatic rings. The highest BCUT2D eigenvalue weighted by molar-refractivity contribution is 6.06. The molecule has 4 N–H and O–H groups in total. The standard InChI is InChI=1S/C16H21N3O/c1-4-6-7-9-12(8-5-2)15-13(20)10-19-16(18)14(15)11(3)17/h5-10,17,20H,4H2,1-3H3,(H2,18,19)/b7-6+,8-5-,12-9+,17-11?. The van der Waals surface area contributed by atoms with E-state index in [0.717, 1.165) is 12.0 Å². The Balaban J connectivity index is 3.55. The lowest BCUT2D eigenvalue weighted by Gasteiger charge is -2.13. The minimum atomic E-state index is 0.0232. The SMILES string of the molecule is C\C=C/C(=C\C=C\CC)c1c(O)cnc(N)c1C(C)=N. The maximum Gasteiger partial charge on any atom is 0.142 e. The van der Waals surface area contributed by atoms with E-state index in [0.29, 0.717) is 11.1 Å². The van der Waals surface area contributed by atoms with Gasteiger partial charge in [0.1, 0.15) is 11.6 Å². The number of pyridine rings is 1. The third-order valence-electron chi connectivity index (χ3n) is 2.75. The maximum absolute atomic E-state index is 10.1. The first-order chi connectivity index (χ1) is 9.52. The molecular weight excluding hydrogens is 250 g/mol. The lowest BCUT2D eigenvalue weighted by molar-refractivity contribution is 0.471. The fourth-order valence-corrected chi connectivity index (χ4v) is 1.90. The normalized spacial score (nSPS) is 12.4. The second-order valence-electron chi connectivity index (χ2n) is 4.36. The van der Waals surface area contributed by atoms with Crippen molar-refractivity contribution in [3.05, 3.63) is 47.7 Å². The van der Waals surface area contributed by atoms with Crippen molar-refractivity contribution in [3.8, 4) is 5.75 Å². The Labute approximate surface area is 119 Å². The quantitative estimate of drug-likeness (QED) is 0.564. The van der Waals surface area contributed by atoms with Crippen LogP contribution in [0.25, 0.3) is 5.57 Å². The van der Waals surface area contributed by atoms with Crippen molar-refractivity contribution >= 4 is 17.1 Å². The van der Waals surface area contributed by atoms with Gasteiger partial charge in [0.2, 0.25) is 0 Å². The highest BCUT2D eigenvalue weighted by atomic mass is 16.3. The van der Waals surface area contributed by atoms with Crippen LogP contribution in [0, 0.1) is 5.41 Å². The highest BCUT2D eigenvalue weighted by Crippen LogP contribution is 2.32.